The highest BCUT2D eigenvalue weighted by molar-refractivity contribution is 5.76. The van der Waals surface area contributed by atoms with Crippen molar-refractivity contribution < 1.29 is 23.4 Å². The van der Waals surface area contributed by atoms with Crippen LogP contribution >= 0.6 is 0 Å². The van der Waals surface area contributed by atoms with Gasteiger partial charge in [0, 0.05) is 6.42 Å². The molecule has 1 rings (SSSR count). The molecular formula is C12H14F2O3. The van der Waals surface area contributed by atoms with Crippen LogP contribution < -0.4 is 0 Å². The van der Waals surface area contributed by atoms with Crippen LogP contribution in [0.5, 0.6) is 0 Å². The normalized spacial score (nSPS) is 12.5. The standard InChI is InChI=1S/C12H14F2O3/c1-17-12(16)11(15)9-5-2-8(3-6-9)4-7-10(13)14/h2-3,5-6,10-11,15H,4,7H2,1H3. The van der Waals surface area contributed by atoms with Gasteiger partial charge in [-0.25, -0.2) is 13.6 Å². The number of aliphatic hydroxyl groups excluding tert-OH is 1. The first-order chi connectivity index (χ1) is 8.04. The average molecular weight is 244 g/mol. The van der Waals surface area contributed by atoms with Crippen LogP contribution in [0.4, 0.5) is 8.78 Å². The Morgan fingerprint density at radius 1 is 1.35 bits per heavy atom. The fourth-order valence-corrected chi connectivity index (χ4v) is 1.39. The third kappa shape index (κ3) is 4.11. The molecule has 1 aromatic rings. The number of rotatable bonds is 5. The van der Waals surface area contributed by atoms with Crippen LogP contribution in [0.3, 0.4) is 0 Å². The molecule has 0 saturated carbocycles. The number of ether oxygens (including phenoxy) is 1. The smallest absolute Gasteiger partial charge is 0.339 e. The lowest BCUT2D eigenvalue weighted by molar-refractivity contribution is -0.150. The van der Waals surface area contributed by atoms with Crippen molar-refractivity contribution in [3.05, 3.63) is 35.4 Å². The highest BCUT2D eigenvalue weighted by Gasteiger charge is 2.17. The van der Waals surface area contributed by atoms with Crippen LogP contribution in [0.25, 0.3) is 0 Å². The van der Waals surface area contributed by atoms with Crippen molar-refractivity contribution in [3.63, 3.8) is 0 Å². The molecule has 94 valence electrons. The summed E-state index contributed by atoms with van der Waals surface area (Å²) in [5.41, 5.74) is 1.13. The fourth-order valence-electron chi connectivity index (χ4n) is 1.39. The zero-order valence-electron chi connectivity index (χ0n) is 9.40. The van der Waals surface area contributed by atoms with E-state index < -0.39 is 18.5 Å². The number of halogens is 2. The van der Waals surface area contributed by atoms with Gasteiger partial charge in [-0.1, -0.05) is 24.3 Å². The molecule has 1 N–H and O–H groups in total. The Morgan fingerprint density at radius 2 is 1.94 bits per heavy atom. The molecule has 0 aliphatic heterocycles. The van der Waals surface area contributed by atoms with Crippen LogP contribution in [0, 0.1) is 0 Å². The highest BCUT2D eigenvalue weighted by Crippen LogP contribution is 2.16. The molecule has 0 saturated heterocycles. The molecule has 0 fully saturated rings. The van der Waals surface area contributed by atoms with Gasteiger partial charge in [-0.15, -0.1) is 0 Å². The first-order valence-electron chi connectivity index (χ1n) is 5.17. The first-order valence-corrected chi connectivity index (χ1v) is 5.17. The van der Waals surface area contributed by atoms with E-state index in [0.717, 1.165) is 5.56 Å². The summed E-state index contributed by atoms with van der Waals surface area (Å²) in [6, 6.07) is 6.29. The van der Waals surface area contributed by atoms with Crippen molar-refractivity contribution in [1.29, 1.82) is 0 Å². The van der Waals surface area contributed by atoms with Crippen molar-refractivity contribution >= 4 is 5.97 Å². The fraction of sp³-hybridized carbons (Fsp3) is 0.417. The molecule has 0 aliphatic carbocycles. The van der Waals surface area contributed by atoms with Crippen LogP contribution in [0.1, 0.15) is 23.7 Å². The van der Waals surface area contributed by atoms with E-state index in [1.807, 2.05) is 0 Å². The second-order valence-electron chi connectivity index (χ2n) is 3.60. The van der Waals surface area contributed by atoms with E-state index in [4.69, 9.17) is 0 Å². The van der Waals surface area contributed by atoms with Crippen LogP contribution in [-0.4, -0.2) is 24.6 Å². The number of aliphatic hydroxyl groups is 1. The van der Waals surface area contributed by atoms with Gasteiger partial charge in [-0.3, -0.25) is 0 Å². The molecule has 1 unspecified atom stereocenters. The molecule has 5 heteroatoms. The molecule has 0 radical (unpaired) electrons. The maximum atomic E-state index is 12.0. The molecule has 0 bridgehead atoms. The van der Waals surface area contributed by atoms with Crippen molar-refractivity contribution in [1.82, 2.24) is 0 Å². The molecule has 0 spiro atoms. The van der Waals surface area contributed by atoms with Crippen LogP contribution in [0.15, 0.2) is 24.3 Å². The van der Waals surface area contributed by atoms with E-state index in [0.29, 0.717) is 5.56 Å². The number of carbonyl (C=O) groups is 1. The van der Waals surface area contributed by atoms with E-state index in [9.17, 15) is 18.7 Å². The number of hydrogen-bond donors (Lipinski definition) is 1. The Hall–Kier alpha value is -1.49. The van der Waals surface area contributed by atoms with Gasteiger partial charge in [0.1, 0.15) is 0 Å². The minimum atomic E-state index is -2.32. The lowest BCUT2D eigenvalue weighted by atomic mass is 10.0. The van der Waals surface area contributed by atoms with Gasteiger partial charge < -0.3 is 9.84 Å². The van der Waals surface area contributed by atoms with E-state index >= 15 is 0 Å². The SMILES string of the molecule is COC(=O)C(O)c1ccc(CCC(F)F)cc1. The van der Waals surface area contributed by atoms with Crippen molar-refractivity contribution in [2.75, 3.05) is 7.11 Å². The monoisotopic (exact) mass is 244 g/mol. The summed E-state index contributed by atoms with van der Waals surface area (Å²) in [5, 5.41) is 9.50. The van der Waals surface area contributed by atoms with E-state index in [1.165, 1.54) is 19.2 Å². The van der Waals surface area contributed by atoms with Gasteiger partial charge in [0.15, 0.2) is 6.10 Å². The van der Waals surface area contributed by atoms with Crippen LogP contribution in [-0.2, 0) is 16.0 Å². The number of hydrogen-bond acceptors (Lipinski definition) is 3. The van der Waals surface area contributed by atoms with Gasteiger partial charge >= 0.3 is 5.97 Å². The summed E-state index contributed by atoms with van der Waals surface area (Å²) in [5.74, 6) is -0.745. The second-order valence-corrected chi connectivity index (χ2v) is 3.60. The number of aryl methyl sites for hydroxylation is 1. The van der Waals surface area contributed by atoms with Crippen LogP contribution in [0.2, 0.25) is 0 Å². The lowest BCUT2D eigenvalue weighted by Gasteiger charge is -2.09. The van der Waals surface area contributed by atoms with E-state index in [-0.39, 0.29) is 12.8 Å². The summed E-state index contributed by atoms with van der Waals surface area (Å²) in [4.78, 5) is 11.0. The zero-order chi connectivity index (χ0) is 12.8. The molecule has 0 amide bonds. The lowest BCUT2D eigenvalue weighted by Crippen LogP contribution is -2.13. The Kier molecular flexibility index (Phi) is 5.03. The molecule has 3 nitrogen and oxygen atoms in total. The number of methoxy groups -OCH3 is 1. The van der Waals surface area contributed by atoms with Gasteiger partial charge in [0.05, 0.1) is 7.11 Å². The minimum absolute atomic E-state index is 0.196. The number of carbonyl (C=O) groups excluding carboxylic acids is 1. The quantitative estimate of drug-likeness (QED) is 0.807. The highest BCUT2D eigenvalue weighted by atomic mass is 19.3. The minimum Gasteiger partial charge on any atom is -0.467 e. The van der Waals surface area contributed by atoms with Gasteiger partial charge in [0.25, 0.3) is 0 Å². The summed E-state index contributed by atoms with van der Waals surface area (Å²) in [6.07, 6.45) is -3.58. The number of alkyl halides is 2. The van der Waals surface area contributed by atoms with Crippen molar-refractivity contribution in [3.8, 4) is 0 Å². The van der Waals surface area contributed by atoms with Crippen molar-refractivity contribution in [2.45, 2.75) is 25.4 Å². The van der Waals surface area contributed by atoms with Crippen molar-refractivity contribution in [2.24, 2.45) is 0 Å². The average Bonchev–Trinajstić information content (AvgIpc) is 2.35. The maximum absolute atomic E-state index is 12.0. The predicted molar refractivity (Wildman–Crippen MR) is 57.7 cm³/mol. The van der Waals surface area contributed by atoms with Gasteiger partial charge in [-0.05, 0) is 17.5 Å². The first kappa shape index (κ1) is 13.6. The maximum Gasteiger partial charge on any atom is 0.339 e. The summed E-state index contributed by atoms with van der Waals surface area (Å²) < 4.78 is 28.3. The summed E-state index contributed by atoms with van der Waals surface area (Å²) >= 11 is 0. The molecule has 17 heavy (non-hydrogen) atoms. The second kappa shape index (κ2) is 6.30. The van der Waals surface area contributed by atoms with E-state index in [2.05, 4.69) is 4.74 Å². The predicted octanol–water partition coefficient (Wildman–Crippen LogP) is 2.09. The van der Waals surface area contributed by atoms with E-state index in [1.54, 1.807) is 12.1 Å². The molecule has 1 aromatic carbocycles. The molecular weight excluding hydrogens is 230 g/mol. The largest absolute Gasteiger partial charge is 0.467 e. The Labute approximate surface area is 98.0 Å². The summed E-state index contributed by atoms with van der Waals surface area (Å²) in [6.45, 7) is 0. The molecule has 0 aromatic heterocycles. The Balaban J connectivity index is 2.64. The molecule has 0 heterocycles. The van der Waals surface area contributed by atoms with Gasteiger partial charge in [-0.2, -0.15) is 0 Å². The topological polar surface area (TPSA) is 46.5 Å². The third-order valence-corrected chi connectivity index (χ3v) is 2.37. The molecule has 0 aliphatic rings. The third-order valence-electron chi connectivity index (χ3n) is 2.37. The Bertz CT molecular complexity index is 363. The number of benzene rings is 1. The van der Waals surface area contributed by atoms with Gasteiger partial charge in [0.2, 0.25) is 6.43 Å². The summed E-state index contributed by atoms with van der Waals surface area (Å²) in [7, 11) is 1.18. The number of esters is 1. The molecule has 1 atom stereocenters. The zero-order valence-corrected chi connectivity index (χ0v) is 9.40. The Morgan fingerprint density at radius 3 is 2.41 bits per heavy atom.